The first-order chi connectivity index (χ1) is 6.50. The lowest BCUT2D eigenvalue weighted by Crippen LogP contribution is -2.20. The zero-order valence-corrected chi connectivity index (χ0v) is 9.80. The van der Waals surface area contributed by atoms with E-state index in [4.69, 9.17) is 29.6 Å². The summed E-state index contributed by atoms with van der Waals surface area (Å²) in [6.45, 7) is 4.48. The average molecular weight is 229 g/mol. The largest absolute Gasteiger partial charge is 0.392 e. The van der Waals surface area contributed by atoms with Gasteiger partial charge in [-0.15, -0.1) is 0 Å². The molecule has 76 valence electrons. The van der Waals surface area contributed by atoms with E-state index in [9.17, 15) is 0 Å². The number of anilines is 1. The molecular formula is C10H13ClN2S. The van der Waals surface area contributed by atoms with Crippen molar-refractivity contribution in [3.63, 3.8) is 0 Å². The zero-order chi connectivity index (χ0) is 10.7. The number of nitrogens with two attached hydrogens (primary N) is 1. The summed E-state index contributed by atoms with van der Waals surface area (Å²) in [6.07, 6.45) is 0. The van der Waals surface area contributed by atoms with Crippen molar-refractivity contribution in [1.29, 1.82) is 0 Å². The summed E-state index contributed by atoms with van der Waals surface area (Å²) in [4.78, 5) is 0.432. The molecule has 0 saturated carbocycles. The van der Waals surface area contributed by atoms with Gasteiger partial charge in [-0.3, -0.25) is 0 Å². The minimum atomic E-state index is 0.432. The smallest absolute Gasteiger partial charge is 0.0921 e. The SMILES string of the molecule is Cc1cc(C)c(NCC(N)=S)c(Cl)c1. The first kappa shape index (κ1) is 11.3. The van der Waals surface area contributed by atoms with Crippen molar-refractivity contribution >= 4 is 34.5 Å². The molecule has 0 aliphatic carbocycles. The van der Waals surface area contributed by atoms with Crippen LogP contribution in [-0.2, 0) is 0 Å². The van der Waals surface area contributed by atoms with E-state index in [1.54, 1.807) is 0 Å². The van der Waals surface area contributed by atoms with E-state index < -0.39 is 0 Å². The Kier molecular flexibility index (Phi) is 3.72. The Balaban J connectivity index is 2.91. The quantitative estimate of drug-likeness (QED) is 0.782. The molecule has 3 N–H and O–H groups in total. The monoisotopic (exact) mass is 228 g/mol. The van der Waals surface area contributed by atoms with Crippen molar-refractivity contribution in [3.8, 4) is 0 Å². The van der Waals surface area contributed by atoms with Crippen LogP contribution in [0, 0.1) is 13.8 Å². The van der Waals surface area contributed by atoms with Crippen LogP contribution in [0.3, 0.4) is 0 Å². The summed E-state index contributed by atoms with van der Waals surface area (Å²) in [5, 5.41) is 3.82. The van der Waals surface area contributed by atoms with Crippen LogP contribution in [-0.4, -0.2) is 11.5 Å². The van der Waals surface area contributed by atoms with Gasteiger partial charge >= 0.3 is 0 Å². The zero-order valence-electron chi connectivity index (χ0n) is 8.23. The molecule has 0 radical (unpaired) electrons. The molecule has 1 aromatic carbocycles. The van der Waals surface area contributed by atoms with Gasteiger partial charge in [-0.25, -0.2) is 0 Å². The molecule has 0 atom stereocenters. The van der Waals surface area contributed by atoms with E-state index >= 15 is 0 Å². The van der Waals surface area contributed by atoms with Crippen molar-refractivity contribution in [2.75, 3.05) is 11.9 Å². The highest BCUT2D eigenvalue weighted by atomic mass is 35.5. The van der Waals surface area contributed by atoms with Crippen molar-refractivity contribution in [3.05, 3.63) is 28.3 Å². The molecule has 0 bridgehead atoms. The molecule has 1 rings (SSSR count). The Hall–Kier alpha value is -0.800. The standard InChI is InChI=1S/C10H13ClN2S/c1-6-3-7(2)10(8(11)4-6)13-5-9(12)14/h3-4,13H,5H2,1-2H3,(H2,12,14). The van der Waals surface area contributed by atoms with E-state index in [1.165, 1.54) is 0 Å². The van der Waals surface area contributed by atoms with Gasteiger partial charge in [0.05, 0.1) is 22.2 Å². The van der Waals surface area contributed by atoms with Gasteiger partial charge in [0.2, 0.25) is 0 Å². The fourth-order valence-electron chi connectivity index (χ4n) is 1.32. The number of nitrogens with one attached hydrogen (secondary N) is 1. The van der Waals surface area contributed by atoms with Crippen molar-refractivity contribution < 1.29 is 0 Å². The number of halogens is 1. The van der Waals surface area contributed by atoms with Crippen LogP contribution < -0.4 is 11.1 Å². The first-order valence-electron chi connectivity index (χ1n) is 4.29. The first-order valence-corrected chi connectivity index (χ1v) is 5.08. The summed E-state index contributed by atoms with van der Waals surface area (Å²) in [5.74, 6) is 0. The normalized spacial score (nSPS) is 9.93. The molecule has 0 unspecified atom stereocenters. The molecule has 0 aliphatic heterocycles. The van der Waals surface area contributed by atoms with Gasteiger partial charge in [-0.1, -0.05) is 29.9 Å². The number of thiocarbonyl (C=S) groups is 1. The summed E-state index contributed by atoms with van der Waals surface area (Å²) in [7, 11) is 0. The molecule has 0 heterocycles. The summed E-state index contributed by atoms with van der Waals surface area (Å²) in [6, 6.07) is 3.98. The van der Waals surface area contributed by atoms with Gasteiger partial charge in [0.25, 0.3) is 0 Å². The third kappa shape index (κ3) is 2.86. The highest BCUT2D eigenvalue weighted by Gasteiger charge is 2.04. The second-order valence-electron chi connectivity index (χ2n) is 3.26. The number of aryl methyl sites for hydroxylation is 2. The molecule has 2 nitrogen and oxygen atoms in total. The second kappa shape index (κ2) is 4.62. The molecule has 0 aliphatic rings. The number of hydrogen-bond acceptors (Lipinski definition) is 2. The third-order valence-corrected chi connectivity index (χ3v) is 2.31. The molecule has 0 saturated heterocycles. The molecular weight excluding hydrogens is 216 g/mol. The Bertz CT molecular complexity index is 340. The van der Waals surface area contributed by atoms with Crippen LogP contribution in [0.2, 0.25) is 5.02 Å². The highest BCUT2D eigenvalue weighted by Crippen LogP contribution is 2.26. The Morgan fingerprint density at radius 3 is 2.64 bits per heavy atom. The van der Waals surface area contributed by atoms with Crippen LogP contribution in [0.1, 0.15) is 11.1 Å². The van der Waals surface area contributed by atoms with Gasteiger partial charge in [-0.05, 0) is 31.0 Å². The Morgan fingerprint density at radius 2 is 2.14 bits per heavy atom. The van der Waals surface area contributed by atoms with Crippen molar-refractivity contribution in [1.82, 2.24) is 0 Å². The van der Waals surface area contributed by atoms with Crippen LogP contribution in [0.4, 0.5) is 5.69 Å². The van der Waals surface area contributed by atoms with Crippen LogP contribution in [0.5, 0.6) is 0 Å². The molecule has 0 fully saturated rings. The lowest BCUT2D eigenvalue weighted by atomic mass is 10.1. The van der Waals surface area contributed by atoms with E-state index in [0.717, 1.165) is 16.8 Å². The maximum Gasteiger partial charge on any atom is 0.0921 e. The van der Waals surface area contributed by atoms with Crippen molar-refractivity contribution in [2.24, 2.45) is 5.73 Å². The minimum Gasteiger partial charge on any atom is -0.392 e. The van der Waals surface area contributed by atoms with E-state index in [0.29, 0.717) is 16.6 Å². The Labute approximate surface area is 94.4 Å². The van der Waals surface area contributed by atoms with Gasteiger partial charge < -0.3 is 11.1 Å². The van der Waals surface area contributed by atoms with E-state index in [-0.39, 0.29) is 0 Å². The molecule has 14 heavy (non-hydrogen) atoms. The topological polar surface area (TPSA) is 38.0 Å². The van der Waals surface area contributed by atoms with Crippen LogP contribution in [0.25, 0.3) is 0 Å². The third-order valence-electron chi connectivity index (χ3n) is 1.87. The fraction of sp³-hybridized carbons (Fsp3) is 0.300. The fourth-order valence-corrected chi connectivity index (χ4v) is 1.78. The van der Waals surface area contributed by atoms with Crippen LogP contribution in [0.15, 0.2) is 12.1 Å². The predicted octanol–water partition coefficient (Wildman–Crippen LogP) is 2.65. The lowest BCUT2D eigenvalue weighted by Gasteiger charge is -2.11. The molecule has 4 heteroatoms. The summed E-state index contributed by atoms with van der Waals surface area (Å²) < 4.78 is 0. The Morgan fingerprint density at radius 1 is 1.50 bits per heavy atom. The van der Waals surface area contributed by atoms with Gasteiger partial charge in [0.15, 0.2) is 0 Å². The van der Waals surface area contributed by atoms with E-state index in [1.807, 2.05) is 19.9 Å². The lowest BCUT2D eigenvalue weighted by molar-refractivity contribution is 1.31. The molecule has 0 amide bonds. The van der Waals surface area contributed by atoms with Gasteiger partial charge in [0.1, 0.15) is 0 Å². The molecule has 1 aromatic rings. The number of rotatable bonds is 3. The van der Waals surface area contributed by atoms with Crippen molar-refractivity contribution in [2.45, 2.75) is 13.8 Å². The maximum atomic E-state index is 6.07. The second-order valence-corrected chi connectivity index (χ2v) is 4.19. The predicted molar refractivity (Wildman–Crippen MR) is 66.2 cm³/mol. The number of benzene rings is 1. The maximum absolute atomic E-state index is 6.07. The highest BCUT2D eigenvalue weighted by molar-refractivity contribution is 7.80. The molecule has 0 spiro atoms. The number of hydrogen-bond donors (Lipinski definition) is 2. The molecule has 0 aromatic heterocycles. The minimum absolute atomic E-state index is 0.432. The van der Waals surface area contributed by atoms with E-state index in [2.05, 4.69) is 11.4 Å². The summed E-state index contributed by atoms with van der Waals surface area (Å²) >= 11 is 10.9. The average Bonchev–Trinajstić information content (AvgIpc) is 2.01. The van der Waals surface area contributed by atoms with Gasteiger partial charge in [0, 0.05) is 0 Å². The van der Waals surface area contributed by atoms with Gasteiger partial charge in [-0.2, -0.15) is 0 Å². The summed E-state index contributed by atoms with van der Waals surface area (Å²) in [5.41, 5.74) is 8.55. The van der Waals surface area contributed by atoms with Crippen LogP contribution >= 0.6 is 23.8 Å².